The highest BCUT2D eigenvalue weighted by Gasteiger charge is 2.66. The third-order valence-corrected chi connectivity index (χ3v) is 23.5. The van der Waals surface area contributed by atoms with Crippen LogP contribution in [0.15, 0.2) is 0 Å². The van der Waals surface area contributed by atoms with Gasteiger partial charge in [0.05, 0.1) is 6.10 Å². The first-order valence-corrected chi connectivity index (χ1v) is 30.8. The van der Waals surface area contributed by atoms with Gasteiger partial charge in [-0.1, -0.05) is 249 Å². The van der Waals surface area contributed by atoms with Crippen molar-refractivity contribution in [2.24, 2.45) is 111 Å². The Labute approximate surface area is 460 Å². The van der Waals surface area contributed by atoms with Crippen molar-refractivity contribution in [3.8, 4) is 0 Å². The van der Waals surface area contributed by atoms with Crippen LogP contribution in [0.3, 0.4) is 0 Å². The van der Waals surface area contributed by atoms with Crippen LogP contribution in [0.2, 0.25) is 0 Å². The normalized spacial score (nSPS) is 30.5. The van der Waals surface area contributed by atoms with Crippen molar-refractivity contribution in [1.29, 1.82) is 0 Å². The Morgan fingerprint density at radius 1 is 0.329 bits per heavy atom. The van der Waals surface area contributed by atoms with E-state index >= 15 is 0 Å². The lowest BCUT2D eigenvalue weighted by molar-refractivity contribution is -0.243. The summed E-state index contributed by atoms with van der Waals surface area (Å²) in [5.74, 6) is 1.86. The Hall–Kier alpha value is -0.180. The largest absolute Gasteiger partial charge is 0.393 e. The summed E-state index contributed by atoms with van der Waals surface area (Å²) >= 11 is 0. The predicted octanol–water partition coefficient (Wildman–Crippen LogP) is 23.6. The molecule has 6 fully saturated rings. The van der Waals surface area contributed by atoms with E-state index in [0.29, 0.717) is 70.9 Å². The minimum Gasteiger partial charge on any atom is -0.393 e. The Bertz CT molecular complexity index is 1510. The smallest absolute Gasteiger partial charge is 0.249 e. The van der Waals surface area contributed by atoms with Gasteiger partial charge < -0.3 is 5.11 Å². The highest BCUT2D eigenvalue weighted by atomic mass is 19.3. The number of alkyl halides is 2. The van der Waals surface area contributed by atoms with Crippen LogP contribution in [0.1, 0.15) is 326 Å². The van der Waals surface area contributed by atoms with Crippen LogP contribution in [-0.2, 0) is 0 Å². The van der Waals surface area contributed by atoms with Crippen molar-refractivity contribution in [3.63, 3.8) is 0 Å². The van der Waals surface area contributed by atoms with E-state index in [0.717, 1.165) is 36.5 Å². The lowest BCUT2D eigenvalue weighted by Gasteiger charge is -2.62. The zero-order chi connectivity index (χ0) is 58.7. The van der Waals surface area contributed by atoms with Crippen LogP contribution in [0.25, 0.3) is 0 Å². The summed E-state index contributed by atoms with van der Waals surface area (Å²) < 4.78 is 26.2. The van der Waals surface area contributed by atoms with Gasteiger partial charge in [-0.05, 0) is 175 Å². The zero-order valence-corrected chi connectivity index (χ0v) is 56.9. The van der Waals surface area contributed by atoms with E-state index in [2.05, 4.69) is 242 Å². The van der Waals surface area contributed by atoms with E-state index in [1.807, 2.05) is 0 Å². The maximum Gasteiger partial charge on any atom is 0.249 e. The highest BCUT2D eigenvalue weighted by Crippen LogP contribution is 2.70. The van der Waals surface area contributed by atoms with E-state index in [1.54, 1.807) is 0 Å². The van der Waals surface area contributed by atoms with Gasteiger partial charge in [0.1, 0.15) is 0 Å². The van der Waals surface area contributed by atoms with Gasteiger partial charge in [0.25, 0.3) is 0 Å². The van der Waals surface area contributed by atoms with E-state index in [1.165, 1.54) is 57.8 Å². The van der Waals surface area contributed by atoms with Gasteiger partial charge in [-0.15, -0.1) is 0 Å². The average Bonchev–Trinajstić information content (AvgIpc) is 3.86. The molecule has 6 saturated carbocycles. The Morgan fingerprint density at radius 3 is 0.575 bits per heavy atom. The maximum atomic E-state index is 13.1. The molecule has 0 heterocycles. The van der Waals surface area contributed by atoms with Crippen LogP contribution >= 0.6 is 0 Å². The summed E-state index contributed by atoms with van der Waals surface area (Å²) in [6.45, 7) is 81.3. The molecular formula is C70H138F2O. The molecule has 73 heavy (non-hydrogen) atoms. The minimum atomic E-state index is -2.43. The summed E-state index contributed by atoms with van der Waals surface area (Å²) in [6.07, 6.45) is 15.0. The Balaban J connectivity index is 0.000000439. The summed E-state index contributed by atoms with van der Waals surface area (Å²) in [7, 11) is 0. The molecule has 3 heteroatoms. The second-order valence-electron chi connectivity index (χ2n) is 37.1. The molecule has 6 aliphatic carbocycles. The van der Waals surface area contributed by atoms with Crippen LogP contribution in [0, 0.1) is 111 Å². The molecule has 0 saturated heterocycles. The molecule has 0 aromatic rings. The van der Waals surface area contributed by atoms with E-state index in [4.69, 9.17) is 0 Å². The molecule has 0 spiro atoms. The van der Waals surface area contributed by atoms with Gasteiger partial charge in [-0.25, -0.2) is 8.78 Å². The summed E-state index contributed by atoms with van der Waals surface area (Å²) in [5, 5.41) is 9.40. The van der Waals surface area contributed by atoms with E-state index in [-0.39, 0.29) is 35.2 Å². The van der Waals surface area contributed by atoms with Crippen LogP contribution < -0.4 is 0 Å². The molecule has 1 N–H and O–H groups in total. The second kappa shape index (κ2) is 22.4. The molecule has 0 radical (unpaired) electrons. The Kier molecular flexibility index (Phi) is 21.7. The number of hydrogen-bond acceptors (Lipinski definition) is 1. The summed E-state index contributed by atoms with van der Waals surface area (Å²) in [4.78, 5) is 0. The number of hydrogen-bond donors (Lipinski definition) is 1. The standard InChI is InChI=1S/C12H22F2.3C12H24.C11H22O.C11H22/c1-9(2,3)11(10(4,5)6)7-12(13,14)8-11;2*1-9(2)12(11(4,5)6)7-10(3)8-12;1-10(2,3)12(8-7-9-12)11(4,5)6;1-8(2)11(10(3,4)5)6-9(12)7-11;1-9(2,3)11(7-8-11)10(4,5)6/h7-8H2,1-6H3;2*9-10H,7-8H2,1-6H3;7-9H2,1-6H3;8-9,12H,6-7H2,1-5H3;7-8H2,1-6H3. The second-order valence-corrected chi connectivity index (χ2v) is 37.1. The van der Waals surface area contributed by atoms with Gasteiger partial charge in [0.2, 0.25) is 5.92 Å². The lowest BCUT2D eigenvalue weighted by Crippen LogP contribution is -2.59. The first-order chi connectivity index (χ1) is 31.7. The van der Waals surface area contributed by atoms with Gasteiger partial charge in [0, 0.05) is 12.8 Å². The quantitative estimate of drug-likeness (QED) is 0.299. The first kappa shape index (κ1) is 70.8. The van der Waals surface area contributed by atoms with Gasteiger partial charge in [-0.3, -0.25) is 0 Å². The SMILES string of the molecule is CC(C)(C)C1(C(C)(C)C)CC(F)(F)C1.CC(C)(C)C1(C(C)(C)C)CC1.CC(C)(C)C1(C(C)(C)C)CCC1.CC(C)C1(C(C)(C)C)CC(O)C1.CC1CC(C(C)C)(C(C)(C)C)C1.CC1CC(C(C)C)(C(C)(C)C)C1. The molecule has 1 nitrogen and oxygen atoms in total. The molecule has 0 amide bonds. The molecule has 6 aliphatic rings. The Morgan fingerprint density at radius 2 is 0.534 bits per heavy atom. The molecule has 438 valence electrons. The highest BCUT2D eigenvalue weighted by molar-refractivity contribution is 5.11. The van der Waals surface area contributed by atoms with Crippen LogP contribution in [0.4, 0.5) is 8.78 Å². The fourth-order valence-electron chi connectivity index (χ4n) is 17.9. The zero-order valence-electron chi connectivity index (χ0n) is 56.9. The number of halogens is 2. The van der Waals surface area contributed by atoms with Crippen molar-refractivity contribution in [1.82, 2.24) is 0 Å². The number of aliphatic hydroxyl groups excluding tert-OH is 1. The minimum absolute atomic E-state index is 0.0355. The molecule has 0 unspecified atom stereocenters. The molecule has 0 bridgehead atoms. The van der Waals surface area contributed by atoms with Crippen LogP contribution in [0.5, 0.6) is 0 Å². The van der Waals surface area contributed by atoms with Crippen molar-refractivity contribution in [2.75, 3.05) is 0 Å². The molecule has 0 atom stereocenters. The summed E-state index contributed by atoms with van der Waals surface area (Å²) in [6, 6.07) is 0. The van der Waals surface area contributed by atoms with Crippen molar-refractivity contribution >= 4 is 0 Å². The van der Waals surface area contributed by atoms with E-state index in [9.17, 15) is 13.9 Å². The molecule has 0 aliphatic heterocycles. The van der Waals surface area contributed by atoms with Crippen molar-refractivity contribution in [2.45, 2.75) is 338 Å². The molecule has 6 rings (SSSR count). The molecular weight excluding hydrogens is 895 g/mol. The maximum absolute atomic E-state index is 13.1. The van der Waals surface area contributed by atoms with Gasteiger partial charge in [0.15, 0.2) is 0 Å². The number of rotatable bonds is 3. The van der Waals surface area contributed by atoms with Crippen molar-refractivity contribution in [3.05, 3.63) is 0 Å². The predicted molar refractivity (Wildman–Crippen MR) is 324 cm³/mol. The van der Waals surface area contributed by atoms with Gasteiger partial charge in [-0.2, -0.15) is 0 Å². The third kappa shape index (κ3) is 14.8. The summed E-state index contributed by atoms with van der Waals surface area (Å²) in [5.41, 5.74) is 5.81. The number of aliphatic hydroxyl groups is 1. The molecule has 0 aromatic carbocycles. The first-order valence-electron chi connectivity index (χ1n) is 30.8. The topological polar surface area (TPSA) is 20.2 Å². The van der Waals surface area contributed by atoms with Gasteiger partial charge >= 0.3 is 0 Å². The fraction of sp³-hybridized carbons (Fsp3) is 1.00. The van der Waals surface area contributed by atoms with Crippen molar-refractivity contribution < 1.29 is 13.9 Å². The fourth-order valence-corrected chi connectivity index (χ4v) is 17.9. The monoisotopic (exact) mass is 1030 g/mol. The molecule has 0 aromatic heterocycles. The van der Waals surface area contributed by atoms with Crippen LogP contribution in [-0.4, -0.2) is 17.1 Å². The lowest BCUT2D eigenvalue weighted by atomic mass is 9.44. The average molecular weight is 1030 g/mol. The van der Waals surface area contributed by atoms with E-state index < -0.39 is 5.92 Å². The third-order valence-electron chi connectivity index (χ3n) is 23.5.